The Hall–Kier alpha value is -0.570. The van der Waals surface area contributed by atoms with E-state index in [1.807, 2.05) is 12.3 Å². The number of aryl methyl sites for hydroxylation is 1. The Morgan fingerprint density at radius 2 is 2.00 bits per heavy atom. The van der Waals surface area contributed by atoms with Gasteiger partial charge in [-0.25, -0.2) is 4.98 Å². The molecule has 0 saturated carbocycles. The Bertz CT molecular complexity index is 332. The number of nitrogens with one attached hydrogen (secondary N) is 1. The molecule has 0 aliphatic rings. The van der Waals surface area contributed by atoms with E-state index in [0.29, 0.717) is 0 Å². The van der Waals surface area contributed by atoms with Gasteiger partial charge in [-0.3, -0.25) is 0 Å². The fourth-order valence-electron chi connectivity index (χ4n) is 1.34. The summed E-state index contributed by atoms with van der Waals surface area (Å²) in [6, 6.07) is 2.00. The summed E-state index contributed by atoms with van der Waals surface area (Å²) >= 11 is 3.57. The maximum atomic E-state index is 4.36. The van der Waals surface area contributed by atoms with Gasteiger partial charge in [0.15, 0.2) is 0 Å². The van der Waals surface area contributed by atoms with E-state index >= 15 is 0 Å². The van der Waals surface area contributed by atoms with Gasteiger partial charge < -0.3 is 5.32 Å². The smallest absolute Gasteiger partial charge is 0.140 e. The Morgan fingerprint density at radius 3 is 2.53 bits per heavy atom. The lowest BCUT2D eigenvalue weighted by atomic mass is 9.95. The average molecular weight is 271 g/mol. The van der Waals surface area contributed by atoms with Crippen molar-refractivity contribution >= 4 is 21.7 Å². The van der Waals surface area contributed by atoms with Gasteiger partial charge in [0.25, 0.3) is 0 Å². The minimum absolute atomic E-state index is 0.128. The molecule has 84 valence electrons. The molecule has 1 aromatic rings. The summed E-state index contributed by atoms with van der Waals surface area (Å²) in [7, 11) is 0. The molecule has 0 saturated heterocycles. The maximum absolute atomic E-state index is 4.36. The van der Waals surface area contributed by atoms with E-state index in [4.69, 9.17) is 0 Å². The highest BCUT2D eigenvalue weighted by Gasteiger charge is 2.20. The maximum Gasteiger partial charge on any atom is 0.140 e. The van der Waals surface area contributed by atoms with Crippen molar-refractivity contribution in [1.29, 1.82) is 0 Å². The second-order valence-corrected chi connectivity index (χ2v) is 4.98. The van der Waals surface area contributed by atoms with Crippen LogP contribution < -0.4 is 5.32 Å². The summed E-state index contributed by atoms with van der Waals surface area (Å²) in [5.74, 6) is 0.946. The molecular formula is C12H19BrN2. The highest BCUT2D eigenvalue weighted by Crippen LogP contribution is 2.28. The van der Waals surface area contributed by atoms with Crippen LogP contribution in [0.15, 0.2) is 16.7 Å². The van der Waals surface area contributed by atoms with Crippen LogP contribution in [0.25, 0.3) is 0 Å². The monoisotopic (exact) mass is 270 g/mol. The van der Waals surface area contributed by atoms with Crippen LogP contribution in [-0.2, 0) is 0 Å². The fraction of sp³-hybridized carbons (Fsp3) is 0.583. The second kappa shape index (κ2) is 4.97. The van der Waals surface area contributed by atoms with E-state index in [2.05, 4.69) is 53.9 Å². The first kappa shape index (κ1) is 12.5. The van der Waals surface area contributed by atoms with Crippen LogP contribution >= 0.6 is 15.9 Å². The van der Waals surface area contributed by atoms with Crippen LogP contribution in [0.5, 0.6) is 0 Å². The van der Waals surface area contributed by atoms with Crippen LogP contribution in [-0.4, -0.2) is 10.5 Å². The van der Waals surface area contributed by atoms with Crippen LogP contribution in [0, 0.1) is 6.92 Å². The van der Waals surface area contributed by atoms with E-state index in [1.54, 1.807) is 0 Å². The quantitative estimate of drug-likeness (QED) is 0.890. The summed E-state index contributed by atoms with van der Waals surface area (Å²) in [5, 5.41) is 3.51. The Morgan fingerprint density at radius 1 is 1.40 bits per heavy atom. The normalized spacial score (nSPS) is 11.5. The van der Waals surface area contributed by atoms with Crippen molar-refractivity contribution in [2.24, 2.45) is 0 Å². The van der Waals surface area contributed by atoms with Gasteiger partial charge in [-0.2, -0.15) is 0 Å². The van der Waals surface area contributed by atoms with E-state index in [0.717, 1.165) is 23.1 Å². The Balaban J connectivity index is 2.94. The van der Waals surface area contributed by atoms with Crippen molar-refractivity contribution in [3.63, 3.8) is 0 Å². The molecule has 0 bridgehead atoms. The van der Waals surface area contributed by atoms with Crippen molar-refractivity contribution < 1.29 is 0 Å². The Labute approximate surface area is 101 Å². The molecule has 1 N–H and O–H groups in total. The summed E-state index contributed by atoms with van der Waals surface area (Å²) in [6.07, 6.45) is 4.02. The van der Waals surface area contributed by atoms with Gasteiger partial charge >= 0.3 is 0 Å². The molecule has 0 aliphatic heterocycles. The predicted octanol–water partition coefficient (Wildman–Crippen LogP) is 4.14. The molecule has 0 amide bonds. The van der Waals surface area contributed by atoms with Crippen LogP contribution in [0.1, 0.15) is 39.2 Å². The molecule has 0 fully saturated rings. The molecule has 0 atom stereocenters. The first-order chi connectivity index (χ1) is 7.02. The number of rotatable bonds is 4. The number of hydrogen-bond acceptors (Lipinski definition) is 2. The minimum Gasteiger partial charge on any atom is -0.364 e. The highest BCUT2D eigenvalue weighted by molar-refractivity contribution is 9.10. The number of halogens is 1. The fourth-order valence-corrected chi connectivity index (χ4v) is 1.67. The van der Waals surface area contributed by atoms with Gasteiger partial charge in [-0.05, 0) is 54.2 Å². The third-order valence-electron chi connectivity index (χ3n) is 3.06. The number of nitrogens with zero attached hydrogens (tertiary/aromatic N) is 1. The first-order valence-corrected chi connectivity index (χ1v) is 6.21. The number of hydrogen-bond donors (Lipinski definition) is 1. The van der Waals surface area contributed by atoms with Gasteiger partial charge in [0, 0.05) is 11.7 Å². The molecule has 0 radical (unpaired) electrons. The molecule has 0 aromatic carbocycles. The van der Waals surface area contributed by atoms with Crippen molar-refractivity contribution in [1.82, 2.24) is 4.98 Å². The SMILES string of the molecule is CCC(C)(CC)Nc1nccc(C)c1Br. The van der Waals surface area contributed by atoms with Gasteiger partial charge in [0.2, 0.25) is 0 Å². The van der Waals surface area contributed by atoms with Crippen molar-refractivity contribution in [3.05, 3.63) is 22.3 Å². The summed E-state index contributed by atoms with van der Waals surface area (Å²) in [4.78, 5) is 4.36. The lowest BCUT2D eigenvalue weighted by molar-refractivity contribution is 0.476. The Kier molecular flexibility index (Phi) is 4.14. The van der Waals surface area contributed by atoms with Crippen LogP contribution in [0.2, 0.25) is 0 Å². The van der Waals surface area contributed by atoms with Crippen molar-refractivity contribution in [2.75, 3.05) is 5.32 Å². The van der Waals surface area contributed by atoms with E-state index < -0.39 is 0 Å². The zero-order chi connectivity index (χ0) is 11.5. The number of aromatic nitrogens is 1. The van der Waals surface area contributed by atoms with Crippen molar-refractivity contribution in [2.45, 2.75) is 46.1 Å². The summed E-state index contributed by atoms with van der Waals surface area (Å²) in [5.41, 5.74) is 1.34. The molecule has 1 aromatic heterocycles. The van der Waals surface area contributed by atoms with Crippen LogP contribution in [0.3, 0.4) is 0 Å². The van der Waals surface area contributed by atoms with E-state index in [9.17, 15) is 0 Å². The van der Waals surface area contributed by atoms with Gasteiger partial charge in [-0.1, -0.05) is 13.8 Å². The lowest BCUT2D eigenvalue weighted by Crippen LogP contribution is -2.33. The molecule has 0 unspecified atom stereocenters. The summed E-state index contributed by atoms with van der Waals surface area (Å²) in [6.45, 7) is 8.69. The third-order valence-corrected chi connectivity index (χ3v) is 4.06. The molecule has 0 aliphatic carbocycles. The molecule has 0 spiro atoms. The molecule has 2 nitrogen and oxygen atoms in total. The average Bonchev–Trinajstić information content (AvgIpc) is 2.25. The number of pyridine rings is 1. The molecular weight excluding hydrogens is 252 g/mol. The molecule has 15 heavy (non-hydrogen) atoms. The predicted molar refractivity (Wildman–Crippen MR) is 69.3 cm³/mol. The molecule has 1 heterocycles. The topological polar surface area (TPSA) is 24.9 Å². The lowest BCUT2D eigenvalue weighted by Gasteiger charge is -2.29. The third kappa shape index (κ3) is 2.94. The van der Waals surface area contributed by atoms with E-state index in [-0.39, 0.29) is 5.54 Å². The zero-order valence-corrected chi connectivity index (χ0v) is 11.5. The molecule has 1 rings (SSSR count). The standard InChI is InChI=1S/C12H19BrN2/c1-5-12(4,6-2)15-11-10(13)9(3)7-8-14-11/h7-8H,5-6H2,1-4H3,(H,14,15). The molecule has 3 heteroatoms. The number of anilines is 1. The highest BCUT2D eigenvalue weighted by atomic mass is 79.9. The van der Waals surface area contributed by atoms with Crippen LogP contribution in [0.4, 0.5) is 5.82 Å². The van der Waals surface area contributed by atoms with Gasteiger partial charge in [0.05, 0.1) is 4.47 Å². The zero-order valence-electron chi connectivity index (χ0n) is 9.89. The van der Waals surface area contributed by atoms with E-state index in [1.165, 1.54) is 5.56 Å². The first-order valence-electron chi connectivity index (χ1n) is 5.41. The largest absolute Gasteiger partial charge is 0.364 e. The van der Waals surface area contributed by atoms with Gasteiger partial charge in [-0.15, -0.1) is 0 Å². The van der Waals surface area contributed by atoms with Gasteiger partial charge in [0.1, 0.15) is 5.82 Å². The minimum atomic E-state index is 0.128. The van der Waals surface area contributed by atoms with Crippen molar-refractivity contribution in [3.8, 4) is 0 Å². The second-order valence-electron chi connectivity index (χ2n) is 4.18. The summed E-state index contributed by atoms with van der Waals surface area (Å²) < 4.78 is 1.07.